The first kappa shape index (κ1) is 13.4. The van der Waals surface area contributed by atoms with E-state index in [1.807, 2.05) is 12.1 Å². The number of aromatic hydroxyl groups is 1. The zero-order chi connectivity index (χ0) is 14.8. The summed E-state index contributed by atoms with van der Waals surface area (Å²) in [6, 6.07) is 12.0. The van der Waals surface area contributed by atoms with Crippen molar-refractivity contribution in [2.75, 3.05) is 5.32 Å². The van der Waals surface area contributed by atoms with Gasteiger partial charge in [-0.3, -0.25) is 10.1 Å². The number of phenolic OH excluding ortho intramolecular Hbond substituents is 1. The molecule has 0 aliphatic heterocycles. The van der Waals surface area contributed by atoms with Crippen LogP contribution in [0.15, 0.2) is 42.5 Å². The molecular formula is C16H16N2O3. The highest BCUT2D eigenvalue weighted by molar-refractivity contribution is 5.53. The van der Waals surface area contributed by atoms with Crippen molar-refractivity contribution in [3.63, 3.8) is 0 Å². The van der Waals surface area contributed by atoms with Crippen molar-refractivity contribution in [3.8, 4) is 5.75 Å². The summed E-state index contributed by atoms with van der Waals surface area (Å²) in [5.41, 5.74) is 3.10. The van der Waals surface area contributed by atoms with Crippen LogP contribution in [-0.4, -0.2) is 10.0 Å². The van der Waals surface area contributed by atoms with Crippen LogP contribution in [-0.2, 0) is 6.42 Å². The number of aryl methyl sites for hydroxylation is 1. The number of anilines is 1. The van der Waals surface area contributed by atoms with Crippen LogP contribution in [0.3, 0.4) is 0 Å². The molecule has 2 aromatic carbocycles. The molecule has 21 heavy (non-hydrogen) atoms. The number of nitrogens with zero attached hydrogens (tertiary/aromatic N) is 1. The van der Waals surface area contributed by atoms with E-state index >= 15 is 0 Å². The highest BCUT2D eigenvalue weighted by Crippen LogP contribution is 2.34. The molecule has 5 nitrogen and oxygen atoms in total. The molecule has 1 aliphatic carbocycles. The number of fused-ring (bicyclic) bond motifs is 1. The summed E-state index contributed by atoms with van der Waals surface area (Å²) in [6.45, 7) is 0. The van der Waals surface area contributed by atoms with Gasteiger partial charge in [-0.1, -0.05) is 12.1 Å². The lowest BCUT2D eigenvalue weighted by atomic mass is 9.87. The minimum atomic E-state index is -0.397. The second-order valence-corrected chi connectivity index (χ2v) is 5.28. The summed E-state index contributed by atoms with van der Waals surface area (Å²) in [7, 11) is 0. The van der Waals surface area contributed by atoms with Crippen molar-refractivity contribution in [2.24, 2.45) is 0 Å². The highest BCUT2D eigenvalue weighted by Gasteiger charge is 2.21. The maximum atomic E-state index is 10.8. The molecule has 0 saturated carbocycles. The van der Waals surface area contributed by atoms with Gasteiger partial charge in [0, 0.05) is 17.8 Å². The summed E-state index contributed by atoms with van der Waals surface area (Å²) >= 11 is 0. The van der Waals surface area contributed by atoms with Crippen LogP contribution in [0, 0.1) is 10.1 Å². The minimum Gasteiger partial charge on any atom is -0.508 e. The second kappa shape index (κ2) is 5.44. The predicted molar refractivity (Wildman–Crippen MR) is 80.5 cm³/mol. The van der Waals surface area contributed by atoms with Gasteiger partial charge in [0.25, 0.3) is 5.69 Å². The topological polar surface area (TPSA) is 75.4 Å². The molecule has 0 heterocycles. The lowest BCUT2D eigenvalue weighted by Gasteiger charge is -2.27. The number of nitrogens with one attached hydrogen (secondary N) is 1. The average Bonchev–Trinajstić information content (AvgIpc) is 2.48. The van der Waals surface area contributed by atoms with Gasteiger partial charge in [0.15, 0.2) is 0 Å². The molecule has 1 atom stereocenters. The number of hydrogen-bond acceptors (Lipinski definition) is 4. The number of nitro groups is 1. The van der Waals surface area contributed by atoms with Gasteiger partial charge in [0.2, 0.25) is 0 Å². The number of nitro benzene ring substituents is 1. The van der Waals surface area contributed by atoms with Crippen molar-refractivity contribution in [1.29, 1.82) is 0 Å². The van der Waals surface area contributed by atoms with Crippen LogP contribution in [0.2, 0.25) is 0 Å². The van der Waals surface area contributed by atoms with Crippen molar-refractivity contribution < 1.29 is 10.0 Å². The Morgan fingerprint density at radius 1 is 1.24 bits per heavy atom. The Balaban J connectivity index is 1.88. The zero-order valence-electron chi connectivity index (χ0n) is 11.5. The SMILES string of the molecule is O=[N+]([O-])c1cccc(NC2CCCc3ccc(O)cc32)c1. The Kier molecular flexibility index (Phi) is 3.48. The maximum Gasteiger partial charge on any atom is 0.271 e. The Morgan fingerprint density at radius 2 is 2.10 bits per heavy atom. The van der Waals surface area contributed by atoms with Gasteiger partial charge in [0.05, 0.1) is 11.0 Å². The average molecular weight is 284 g/mol. The van der Waals surface area contributed by atoms with Crippen LogP contribution in [0.5, 0.6) is 5.75 Å². The third-order valence-corrected chi connectivity index (χ3v) is 3.84. The van der Waals surface area contributed by atoms with Crippen molar-refractivity contribution in [3.05, 3.63) is 63.7 Å². The fourth-order valence-electron chi connectivity index (χ4n) is 2.85. The summed E-state index contributed by atoms with van der Waals surface area (Å²) in [5, 5.41) is 23.8. The first-order valence-corrected chi connectivity index (χ1v) is 6.96. The molecular weight excluding hydrogens is 268 g/mol. The van der Waals surface area contributed by atoms with Crippen molar-refractivity contribution >= 4 is 11.4 Å². The Labute approximate surface area is 122 Å². The third kappa shape index (κ3) is 2.81. The molecule has 0 fully saturated rings. The molecule has 3 rings (SSSR count). The van der Waals surface area contributed by atoms with Crippen LogP contribution in [0.4, 0.5) is 11.4 Å². The van der Waals surface area contributed by atoms with Crippen molar-refractivity contribution in [2.45, 2.75) is 25.3 Å². The molecule has 0 aromatic heterocycles. The molecule has 2 aromatic rings. The largest absolute Gasteiger partial charge is 0.508 e. The van der Waals surface area contributed by atoms with E-state index in [0.717, 1.165) is 30.5 Å². The number of phenols is 1. The fourth-order valence-corrected chi connectivity index (χ4v) is 2.85. The van der Waals surface area contributed by atoms with E-state index in [0.29, 0.717) is 0 Å². The van der Waals surface area contributed by atoms with E-state index in [4.69, 9.17) is 0 Å². The first-order valence-electron chi connectivity index (χ1n) is 6.96. The van der Waals surface area contributed by atoms with Crippen LogP contribution < -0.4 is 5.32 Å². The molecule has 0 amide bonds. The molecule has 2 N–H and O–H groups in total. The lowest BCUT2D eigenvalue weighted by molar-refractivity contribution is -0.384. The first-order chi connectivity index (χ1) is 10.1. The predicted octanol–water partition coefficient (Wildman–Crippen LogP) is 3.79. The molecule has 5 heteroatoms. The minimum absolute atomic E-state index is 0.0721. The monoisotopic (exact) mass is 284 g/mol. The molecule has 0 bridgehead atoms. The Morgan fingerprint density at radius 3 is 2.90 bits per heavy atom. The van der Waals surface area contributed by atoms with E-state index in [-0.39, 0.29) is 17.5 Å². The highest BCUT2D eigenvalue weighted by atomic mass is 16.6. The van der Waals surface area contributed by atoms with E-state index in [1.54, 1.807) is 18.2 Å². The standard InChI is InChI=1S/C16H16N2O3/c19-14-8-7-11-3-1-6-16(15(11)10-14)17-12-4-2-5-13(9-12)18(20)21/h2,4-5,7-10,16-17,19H,1,3,6H2. The van der Waals surface area contributed by atoms with Gasteiger partial charge >= 0.3 is 0 Å². The Bertz CT molecular complexity index is 685. The van der Waals surface area contributed by atoms with Crippen molar-refractivity contribution in [1.82, 2.24) is 0 Å². The van der Waals surface area contributed by atoms with Gasteiger partial charge in [0.1, 0.15) is 5.75 Å². The normalized spacial score (nSPS) is 17.0. The van der Waals surface area contributed by atoms with Gasteiger partial charge in [-0.2, -0.15) is 0 Å². The molecule has 0 radical (unpaired) electrons. The quantitative estimate of drug-likeness (QED) is 0.664. The fraction of sp³-hybridized carbons (Fsp3) is 0.250. The molecule has 108 valence electrons. The second-order valence-electron chi connectivity index (χ2n) is 5.28. The van der Waals surface area contributed by atoms with E-state index in [1.165, 1.54) is 17.7 Å². The lowest BCUT2D eigenvalue weighted by Crippen LogP contribution is -2.17. The summed E-state index contributed by atoms with van der Waals surface area (Å²) in [5.74, 6) is 0.251. The Hall–Kier alpha value is -2.56. The van der Waals surface area contributed by atoms with Gasteiger partial charge in [-0.25, -0.2) is 0 Å². The number of rotatable bonds is 3. The molecule has 1 aliphatic rings. The number of hydrogen-bond donors (Lipinski definition) is 2. The maximum absolute atomic E-state index is 10.8. The molecule has 0 saturated heterocycles. The van der Waals surface area contributed by atoms with Crippen LogP contribution >= 0.6 is 0 Å². The van der Waals surface area contributed by atoms with Gasteiger partial charge < -0.3 is 10.4 Å². The van der Waals surface area contributed by atoms with E-state index in [9.17, 15) is 15.2 Å². The number of benzene rings is 2. The summed E-state index contributed by atoms with van der Waals surface area (Å²) in [4.78, 5) is 10.4. The summed E-state index contributed by atoms with van der Waals surface area (Å²) < 4.78 is 0. The number of non-ortho nitro benzene ring substituents is 1. The summed E-state index contributed by atoms with van der Waals surface area (Å²) in [6.07, 6.45) is 3.01. The smallest absolute Gasteiger partial charge is 0.271 e. The van der Waals surface area contributed by atoms with Crippen LogP contribution in [0.1, 0.15) is 30.0 Å². The van der Waals surface area contributed by atoms with Crippen LogP contribution in [0.25, 0.3) is 0 Å². The van der Waals surface area contributed by atoms with Gasteiger partial charge in [-0.15, -0.1) is 0 Å². The zero-order valence-corrected chi connectivity index (χ0v) is 11.5. The molecule has 0 spiro atoms. The van der Waals surface area contributed by atoms with E-state index in [2.05, 4.69) is 5.32 Å². The molecule has 1 unspecified atom stereocenters. The third-order valence-electron chi connectivity index (χ3n) is 3.84. The van der Waals surface area contributed by atoms with E-state index < -0.39 is 4.92 Å². The van der Waals surface area contributed by atoms with Gasteiger partial charge in [-0.05, 0) is 48.6 Å².